The van der Waals surface area contributed by atoms with Crippen molar-refractivity contribution >= 4 is 33.1 Å². The number of hydrogen-bond donors (Lipinski definition) is 1. The van der Waals surface area contributed by atoms with E-state index >= 15 is 0 Å². The minimum Gasteiger partial charge on any atom is -0.493 e. The molecule has 0 saturated heterocycles. The molecule has 0 saturated carbocycles. The second kappa shape index (κ2) is 7.40. The zero-order valence-corrected chi connectivity index (χ0v) is 14.5. The van der Waals surface area contributed by atoms with Gasteiger partial charge in [-0.3, -0.25) is 10.1 Å². The summed E-state index contributed by atoms with van der Waals surface area (Å²) in [6.45, 7) is 4.49. The predicted octanol–water partition coefficient (Wildman–Crippen LogP) is 4.29. The third-order valence-corrected chi connectivity index (χ3v) is 4.44. The average molecular weight is 341 g/mol. The summed E-state index contributed by atoms with van der Waals surface area (Å²) in [7, 11) is 0. The second-order valence-corrected chi connectivity index (χ2v) is 6.40. The van der Waals surface area contributed by atoms with E-state index < -0.39 is 0 Å². The fourth-order valence-corrected chi connectivity index (χ4v) is 3.29. The number of nitrogens with one attached hydrogen (secondary N) is 1. The molecule has 0 radical (unpaired) electrons. The van der Waals surface area contributed by atoms with Crippen LogP contribution in [0.2, 0.25) is 0 Å². The number of benzene rings is 2. The Labute approximate surface area is 144 Å². The SMILES string of the molecule is CCCc1nnc(NC(=O)c2cc3ccccc3cc2OCC)s1. The van der Waals surface area contributed by atoms with Crippen LogP contribution < -0.4 is 10.1 Å². The third kappa shape index (κ3) is 3.54. The average Bonchev–Trinajstić information content (AvgIpc) is 3.02. The number of hydrogen-bond acceptors (Lipinski definition) is 5. The third-order valence-electron chi connectivity index (χ3n) is 3.54. The van der Waals surface area contributed by atoms with Gasteiger partial charge in [0.05, 0.1) is 12.2 Å². The Hall–Kier alpha value is -2.47. The van der Waals surface area contributed by atoms with E-state index in [1.54, 1.807) is 0 Å². The molecule has 1 amide bonds. The molecule has 0 aliphatic rings. The molecule has 0 unspecified atom stereocenters. The molecule has 0 atom stereocenters. The highest BCUT2D eigenvalue weighted by atomic mass is 32.1. The van der Waals surface area contributed by atoms with E-state index in [2.05, 4.69) is 22.4 Å². The monoisotopic (exact) mass is 341 g/mol. The zero-order valence-electron chi connectivity index (χ0n) is 13.7. The molecule has 5 nitrogen and oxygen atoms in total. The lowest BCUT2D eigenvalue weighted by Crippen LogP contribution is -2.13. The second-order valence-electron chi connectivity index (χ2n) is 5.33. The number of amides is 1. The van der Waals surface area contributed by atoms with Gasteiger partial charge in [-0.2, -0.15) is 0 Å². The maximum absolute atomic E-state index is 12.7. The molecule has 124 valence electrons. The maximum Gasteiger partial charge on any atom is 0.261 e. The Morgan fingerprint density at radius 1 is 1.17 bits per heavy atom. The Kier molecular flexibility index (Phi) is 5.05. The highest BCUT2D eigenvalue weighted by molar-refractivity contribution is 7.15. The molecular formula is C18H19N3O2S. The van der Waals surface area contributed by atoms with Gasteiger partial charge in [0.2, 0.25) is 5.13 Å². The molecular weight excluding hydrogens is 322 g/mol. The molecule has 0 fully saturated rings. The van der Waals surface area contributed by atoms with E-state index in [9.17, 15) is 4.79 Å². The molecule has 2 aromatic carbocycles. The topological polar surface area (TPSA) is 64.1 Å². The Morgan fingerprint density at radius 2 is 1.92 bits per heavy atom. The van der Waals surface area contributed by atoms with E-state index in [1.807, 2.05) is 43.3 Å². The van der Waals surface area contributed by atoms with Gasteiger partial charge in [-0.05, 0) is 36.2 Å². The van der Waals surface area contributed by atoms with Gasteiger partial charge in [0.25, 0.3) is 5.91 Å². The summed E-state index contributed by atoms with van der Waals surface area (Å²) in [5, 5.41) is 14.4. The Morgan fingerprint density at radius 3 is 2.62 bits per heavy atom. The molecule has 0 aliphatic heterocycles. The molecule has 0 bridgehead atoms. The number of aromatic nitrogens is 2. The Bertz CT molecular complexity index is 860. The van der Waals surface area contributed by atoms with E-state index in [0.717, 1.165) is 28.6 Å². The van der Waals surface area contributed by atoms with E-state index in [4.69, 9.17) is 4.74 Å². The first-order valence-electron chi connectivity index (χ1n) is 8.00. The van der Waals surface area contributed by atoms with Crippen molar-refractivity contribution in [3.63, 3.8) is 0 Å². The van der Waals surface area contributed by atoms with E-state index in [1.165, 1.54) is 11.3 Å². The van der Waals surface area contributed by atoms with Crippen molar-refractivity contribution in [1.29, 1.82) is 0 Å². The summed E-state index contributed by atoms with van der Waals surface area (Å²) in [5.41, 5.74) is 0.503. The zero-order chi connectivity index (χ0) is 16.9. The van der Waals surface area contributed by atoms with Crippen LogP contribution in [-0.4, -0.2) is 22.7 Å². The number of carbonyl (C=O) groups is 1. The van der Waals surface area contributed by atoms with Crippen LogP contribution in [0.1, 0.15) is 35.6 Å². The lowest BCUT2D eigenvalue weighted by Gasteiger charge is -2.11. The fraction of sp³-hybridized carbons (Fsp3) is 0.278. The number of aryl methyl sites for hydroxylation is 1. The standard InChI is InChI=1S/C18H19N3O2S/c1-3-7-16-20-21-18(24-16)19-17(22)14-10-12-8-5-6-9-13(12)11-15(14)23-4-2/h5-6,8-11H,3-4,7H2,1-2H3,(H,19,21,22). The van der Waals surface area contributed by atoms with Gasteiger partial charge in [0, 0.05) is 6.42 Å². The van der Waals surface area contributed by atoms with Crippen LogP contribution >= 0.6 is 11.3 Å². The van der Waals surface area contributed by atoms with Crippen LogP contribution in [0.25, 0.3) is 10.8 Å². The highest BCUT2D eigenvalue weighted by Crippen LogP contribution is 2.27. The summed E-state index contributed by atoms with van der Waals surface area (Å²) >= 11 is 1.41. The lowest BCUT2D eigenvalue weighted by molar-refractivity contribution is 0.102. The maximum atomic E-state index is 12.7. The number of rotatable bonds is 6. The quantitative estimate of drug-likeness (QED) is 0.726. The van der Waals surface area contributed by atoms with E-state index in [0.29, 0.717) is 23.1 Å². The molecule has 3 aromatic rings. The highest BCUT2D eigenvalue weighted by Gasteiger charge is 2.16. The van der Waals surface area contributed by atoms with Gasteiger partial charge in [-0.25, -0.2) is 0 Å². The number of anilines is 1. The van der Waals surface area contributed by atoms with Gasteiger partial charge >= 0.3 is 0 Å². The summed E-state index contributed by atoms with van der Waals surface area (Å²) in [4.78, 5) is 12.7. The number of carbonyl (C=O) groups excluding carboxylic acids is 1. The number of ether oxygens (including phenoxy) is 1. The molecule has 3 rings (SSSR count). The van der Waals surface area contributed by atoms with Crippen LogP contribution in [0, 0.1) is 0 Å². The normalized spacial score (nSPS) is 10.8. The molecule has 24 heavy (non-hydrogen) atoms. The summed E-state index contributed by atoms with van der Waals surface area (Å²) in [5.74, 6) is 0.343. The first-order valence-corrected chi connectivity index (χ1v) is 8.82. The predicted molar refractivity (Wildman–Crippen MR) is 97.0 cm³/mol. The van der Waals surface area contributed by atoms with Crippen molar-refractivity contribution in [3.05, 3.63) is 47.0 Å². The van der Waals surface area contributed by atoms with Gasteiger partial charge in [-0.1, -0.05) is 42.5 Å². The van der Waals surface area contributed by atoms with Crippen LogP contribution in [0.15, 0.2) is 36.4 Å². The summed E-state index contributed by atoms with van der Waals surface area (Å²) < 4.78 is 5.65. The van der Waals surface area contributed by atoms with Crippen molar-refractivity contribution < 1.29 is 9.53 Å². The van der Waals surface area contributed by atoms with Crippen molar-refractivity contribution in [2.45, 2.75) is 26.7 Å². The lowest BCUT2D eigenvalue weighted by atomic mass is 10.1. The minimum absolute atomic E-state index is 0.233. The van der Waals surface area contributed by atoms with Gasteiger partial charge in [0.1, 0.15) is 10.8 Å². The summed E-state index contributed by atoms with van der Waals surface area (Å²) in [6, 6.07) is 11.6. The smallest absolute Gasteiger partial charge is 0.261 e. The van der Waals surface area contributed by atoms with Crippen LogP contribution in [-0.2, 0) is 6.42 Å². The minimum atomic E-state index is -0.233. The first kappa shape index (κ1) is 16.4. The van der Waals surface area contributed by atoms with Gasteiger partial charge in [0.15, 0.2) is 0 Å². The molecule has 1 N–H and O–H groups in total. The van der Waals surface area contributed by atoms with Gasteiger partial charge in [-0.15, -0.1) is 10.2 Å². The van der Waals surface area contributed by atoms with Crippen molar-refractivity contribution in [2.24, 2.45) is 0 Å². The van der Waals surface area contributed by atoms with Crippen LogP contribution in [0.4, 0.5) is 5.13 Å². The molecule has 0 aliphatic carbocycles. The molecule has 0 spiro atoms. The van der Waals surface area contributed by atoms with Crippen molar-refractivity contribution in [2.75, 3.05) is 11.9 Å². The largest absolute Gasteiger partial charge is 0.493 e. The van der Waals surface area contributed by atoms with E-state index in [-0.39, 0.29) is 5.91 Å². The van der Waals surface area contributed by atoms with Crippen LogP contribution in [0.5, 0.6) is 5.75 Å². The number of nitrogens with zero attached hydrogens (tertiary/aromatic N) is 2. The fourth-order valence-electron chi connectivity index (χ4n) is 2.46. The van der Waals surface area contributed by atoms with Crippen LogP contribution in [0.3, 0.4) is 0 Å². The molecule has 1 aromatic heterocycles. The summed E-state index contributed by atoms with van der Waals surface area (Å²) in [6.07, 6.45) is 1.87. The first-order chi connectivity index (χ1) is 11.7. The van der Waals surface area contributed by atoms with Crippen molar-refractivity contribution in [1.82, 2.24) is 10.2 Å². The Balaban J connectivity index is 1.90. The number of fused-ring (bicyclic) bond motifs is 1. The molecule has 6 heteroatoms. The van der Waals surface area contributed by atoms with Gasteiger partial charge < -0.3 is 4.74 Å². The van der Waals surface area contributed by atoms with Crippen molar-refractivity contribution in [3.8, 4) is 5.75 Å². The molecule has 1 heterocycles.